The summed E-state index contributed by atoms with van der Waals surface area (Å²) in [5, 5.41) is 0. The number of hydrogen-bond acceptors (Lipinski definition) is 3. The Hall–Kier alpha value is -1.64. The minimum absolute atomic E-state index is 0.527. The van der Waals surface area contributed by atoms with Gasteiger partial charge in [-0.1, -0.05) is 30.3 Å². The molecular formula is C10H10O3. The fraction of sp³-hybridized carbons (Fsp3) is 0.200. The minimum Gasteiger partial charge on any atom is -0.468 e. The molecule has 0 N–H and O–H groups in total. The van der Waals surface area contributed by atoms with Gasteiger partial charge in [0, 0.05) is 0 Å². The van der Waals surface area contributed by atoms with Gasteiger partial charge in [-0.3, -0.25) is 4.79 Å². The SMILES string of the molecule is COC(=O)[C@@H](C=O)c1ccccc1. The molecule has 13 heavy (non-hydrogen) atoms. The lowest BCUT2D eigenvalue weighted by Crippen LogP contribution is -2.15. The summed E-state index contributed by atoms with van der Waals surface area (Å²) >= 11 is 0. The molecule has 0 aliphatic heterocycles. The Balaban J connectivity index is 2.91. The van der Waals surface area contributed by atoms with Crippen molar-refractivity contribution >= 4 is 12.3 Å². The summed E-state index contributed by atoms with van der Waals surface area (Å²) in [7, 11) is 1.27. The third kappa shape index (κ3) is 2.15. The Morgan fingerprint density at radius 3 is 2.46 bits per heavy atom. The van der Waals surface area contributed by atoms with Gasteiger partial charge in [-0.05, 0) is 5.56 Å². The second kappa shape index (κ2) is 4.40. The number of esters is 1. The maximum atomic E-state index is 11.1. The van der Waals surface area contributed by atoms with Crippen molar-refractivity contribution in [2.75, 3.05) is 7.11 Å². The maximum Gasteiger partial charge on any atom is 0.320 e. The lowest BCUT2D eigenvalue weighted by molar-refractivity contribution is -0.143. The molecule has 3 nitrogen and oxygen atoms in total. The Morgan fingerprint density at radius 2 is 2.00 bits per heavy atom. The Kier molecular flexibility index (Phi) is 3.20. The van der Waals surface area contributed by atoms with Gasteiger partial charge in [0.2, 0.25) is 0 Å². The molecule has 0 aliphatic rings. The average Bonchev–Trinajstić information content (AvgIpc) is 2.20. The van der Waals surface area contributed by atoms with Crippen LogP contribution in [0.2, 0.25) is 0 Å². The van der Waals surface area contributed by atoms with Gasteiger partial charge in [-0.25, -0.2) is 0 Å². The highest BCUT2D eigenvalue weighted by Crippen LogP contribution is 2.13. The van der Waals surface area contributed by atoms with E-state index in [1.54, 1.807) is 24.3 Å². The molecule has 0 bridgehead atoms. The van der Waals surface area contributed by atoms with Gasteiger partial charge in [0.15, 0.2) is 0 Å². The summed E-state index contributed by atoms with van der Waals surface area (Å²) in [6.45, 7) is 0. The summed E-state index contributed by atoms with van der Waals surface area (Å²) in [5.74, 6) is -1.33. The van der Waals surface area contributed by atoms with Gasteiger partial charge in [0.1, 0.15) is 12.2 Å². The van der Waals surface area contributed by atoms with Crippen molar-refractivity contribution < 1.29 is 14.3 Å². The molecule has 0 aromatic heterocycles. The number of methoxy groups -OCH3 is 1. The quantitative estimate of drug-likeness (QED) is 0.396. The van der Waals surface area contributed by atoms with Crippen molar-refractivity contribution in [2.24, 2.45) is 0 Å². The summed E-state index contributed by atoms with van der Waals surface area (Å²) < 4.78 is 4.49. The number of benzene rings is 1. The van der Waals surface area contributed by atoms with Crippen molar-refractivity contribution in [3.8, 4) is 0 Å². The highest BCUT2D eigenvalue weighted by atomic mass is 16.5. The van der Waals surface area contributed by atoms with Crippen LogP contribution in [0.5, 0.6) is 0 Å². The molecule has 0 unspecified atom stereocenters. The molecule has 0 saturated carbocycles. The van der Waals surface area contributed by atoms with E-state index in [1.165, 1.54) is 7.11 Å². The number of aldehydes is 1. The van der Waals surface area contributed by atoms with E-state index >= 15 is 0 Å². The first kappa shape index (κ1) is 9.45. The zero-order chi connectivity index (χ0) is 9.68. The van der Waals surface area contributed by atoms with Crippen molar-refractivity contribution in [1.29, 1.82) is 0 Å². The number of hydrogen-bond donors (Lipinski definition) is 0. The summed E-state index contributed by atoms with van der Waals surface area (Å²) in [6, 6.07) is 8.80. The van der Waals surface area contributed by atoms with Gasteiger partial charge >= 0.3 is 5.97 Å². The van der Waals surface area contributed by atoms with Crippen LogP contribution < -0.4 is 0 Å². The van der Waals surface area contributed by atoms with Crippen LogP contribution >= 0.6 is 0 Å². The molecule has 1 rings (SSSR count). The Morgan fingerprint density at radius 1 is 1.38 bits per heavy atom. The van der Waals surface area contributed by atoms with Crippen LogP contribution in [0.15, 0.2) is 30.3 Å². The second-order valence-electron chi connectivity index (χ2n) is 2.55. The predicted molar refractivity (Wildman–Crippen MR) is 47.3 cm³/mol. The van der Waals surface area contributed by atoms with Crippen LogP contribution in [0.3, 0.4) is 0 Å². The highest BCUT2D eigenvalue weighted by Gasteiger charge is 2.19. The summed E-state index contributed by atoms with van der Waals surface area (Å²) in [5.41, 5.74) is 0.657. The van der Waals surface area contributed by atoms with E-state index in [-0.39, 0.29) is 0 Å². The monoisotopic (exact) mass is 178 g/mol. The van der Waals surface area contributed by atoms with Crippen molar-refractivity contribution in [3.05, 3.63) is 35.9 Å². The summed E-state index contributed by atoms with van der Waals surface area (Å²) in [4.78, 5) is 21.7. The van der Waals surface area contributed by atoms with Crippen LogP contribution in [-0.2, 0) is 14.3 Å². The molecule has 0 spiro atoms. The van der Waals surface area contributed by atoms with Crippen LogP contribution in [-0.4, -0.2) is 19.4 Å². The van der Waals surface area contributed by atoms with Gasteiger partial charge in [0.25, 0.3) is 0 Å². The van der Waals surface area contributed by atoms with Crippen LogP contribution in [0.1, 0.15) is 11.5 Å². The fourth-order valence-electron chi connectivity index (χ4n) is 1.06. The Bertz CT molecular complexity index is 292. The molecule has 1 aromatic rings. The molecule has 1 aromatic carbocycles. The first-order valence-electron chi connectivity index (χ1n) is 3.87. The van der Waals surface area contributed by atoms with Crippen LogP contribution in [0.4, 0.5) is 0 Å². The van der Waals surface area contributed by atoms with E-state index in [0.717, 1.165) is 0 Å². The number of carbonyl (C=O) groups excluding carboxylic acids is 2. The number of ether oxygens (including phenoxy) is 1. The molecular weight excluding hydrogens is 168 g/mol. The maximum absolute atomic E-state index is 11.1. The minimum atomic E-state index is -0.800. The van der Waals surface area contributed by atoms with Crippen molar-refractivity contribution in [1.82, 2.24) is 0 Å². The molecule has 0 fully saturated rings. The van der Waals surface area contributed by atoms with E-state index in [4.69, 9.17) is 0 Å². The normalized spacial score (nSPS) is 11.8. The van der Waals surface area contributed by atoms with Gasteiger partial charge in [-0.2, -0.15) is 0 Å². The zero-order valence-corrected chi connectivity index (χ0v) is 7.27. The molecule has 0 amide bonds. The topological polar surface area (TPSA) is 43.4 Å². The Labute approximate surface area is 76.3 Å². The zero-order valence-electron chi connectivity index (χ0n) is 7.27. The molecule has 0 aliphatic carbocycles. The van der Waals surface area contributed by atoms with Crippen LogP contribution in [0, 0.1) is 0 Å². The second-order valence-corrected chi connectivity index (χ2v) is 2.55. The van der Waals surface area contributed by atoms with Gasteiger partial charge < -0.3 is 9.53 Å². The lowest BCUT2D eigenvalue weighted by Gasteiger charge is -2.06. The third-order valence-electron chi connectivity index (χ3n) is 1.75. The van der Waals surface area contributed by atoms with E-state index in [1.807, 2.05) is 6.07 Å². The van der Waals surface area contributed by atoms with Crippen molar-refractivity contribution in [3.63, 3.8) is 0 Å². The predicted octanol–water partition coefficient (Wildman–Crippen LogP) is 1.14. The lowest BCUT2D eigenvalue weighted by atomic mass is 10.0. The largest absolute Gasteiger partial charge is 0.468 e. The van der Waals surface area contributed by atoms with E-state index in [9.17, 15) is 9.59 Å². The standard InChI is InChI=1S/C10H10O3/c1-13-10(12)9(7-11)8-5-3-2-4-6-8/h2-7,9H,1H3/t9-/m0/s1. The molecule has 68 valence electrons. The molecule has 0 heterocycles. The molecule has 0 radical (unpaired) electrons. The molecule has 3 heteroatoms. The van der Waals surface area contributed by atoms with Crippen LogP contribution in [0.25, 0.3) is 0 Å². The van der Waals surface area contributed by atoms with Gasteiger partial charge in [0.05, 0.1) is 7.11 Å². The first-order valence-corrected chi connectivity index (χ1v) is 3.87. The first-order chi connectivity index (χ1) is 6.29. The van der Waals surface area contributed by atoms with E-state index in [2.05, 4.69) is 4.74 Å². The highest BCUT2D eigenvalue weighted by molar-refractivity contribution is 5.93. The molecule has 1 atom stereocenters. The van der Waals surface area contributed by atoms with E-state index < -0.39 is 11.9 Å². The number of carbonyl (C=O) groups is 2. The molecule has 0 saturated heterocycles. The smallest absolute Gasteiger partial charge is 0.320 e. The van der Waals surface area contributed by atoms with E-state index in [0.29, 0.717) is 11.8 Å². The van der Waals surface area contributed by atoms with Crippen molar-refractivity contribution in [2.45, 2.75) is 5.92 Å². The fourth-order valence-corrected chi connectivity index (χ4v) is 1.06. The average molecular weight is 178 g/mol. The van der Waals surface area contributed by atoms with Gasteiger partial charge in [-0.15, -0.1) is 0 Å². The third-order valence-corrected chi connectivity index (χ3v) is 1.75. The number of rotatable bonds is 3. The summed E-state index contributed by atoms with van der Waals surface area (Å²) in [6.07, 6.45) is 0.584.